The van der Waals surface area contributed by atoms with Crippen molar-refractivity contribution in [1.29, 1.82) is 0 Å². The Hall–Kier alpha value is -11.6. The number of benzene rings is 8. The first-order valence-corrected chi connectivity index (χ1v) is 63.0. The molecule has 4 aromatic heterocycles. The van der Waals surface area contributed by atoms with Gasteiger partial charge in [-0.1, -0.05) is 94.9 Å². The van der Waals surface area contributed by atoms with Gasteiger partial charge in [-0.05, 0) is 222 Å². The Balaban J connectivity index is 0.000000143. The molecule has 1 unspecified atom stereocenters. The van der Waals surface area contributed by atoms with Gasteiger partial charge in [-0.3, -0.25) is 14.6 Å². The largest absolute Gasteiger partial charge is 0.495 e. The van der Waals surface area contributed by atoms with E-state index in [2.05, 4.69) is 142 Å². The second kappa shape index (κ2) is 49.4. The van der Waals surface area contributed by atoms with Crippen LogP contribution in [0.25, 0.3) is 0 Å². The third kappa shape index (κ3) is 28.3. The lowest BCUT2D eigenvalue weighted by Crippen LogP contribution is -2.54. The highest BCUT2D eigenvalue weighted by molar-refractivity contribution is 7.92. The Morgan fingerprint density at radius 3 is 1.21 bits per heavy atom. The quantitative estimate of drug-likeness (QED) is 0.0177. The molecule has 7 aliphatic heterocycles. The van der Waals surface area contributed by atoms with E-state index in [9.17, 15) is 31.5 Å². The maximum absolute atomic E-state index is 13.4. The van der Waals surface area contributed by atoms with Crippen LogP contribution in [0.3, 0.4) is 0 Å². The Labute approximate surface area is 897 Å². The number of carbonyl (C=O) groups excluding carboxylic acids is 1. The van der Waals surface area contributed by atoms with Crippen LogP contribution in [0.2, 0.25) is 20.1 Å². The van der Waals surface area contributed by atoms with E-state index in [1.807, 2.05) is 115 Å². The fraction of sp³-hybridized carbons (Fsp3) is 0.387. The molecular weight excluding hydrogens is 2090 g/mol. The van der Waals surface area contributed by atoms with Crippen molar-refractivity contribution in [2.45, 2.75) is 74.7 Å². The summed E-state index contributed by atoms with van der Waals surface area (Å²) >= 11 is 25.5. The maximum atomic E-state index is 13.4. The van der Waals surface area contributed by atoms with Crippen molar-refractivity contribution in [3.8, 4) is 28.7 Å². The Bertz CT molecular complexity index is 7120. The lowest BCUT2D eigenvalue weighted by atomic mass is 9.86. The molecule has 44 heteroatoms. The first-order chi connectivity index (χ1) is 71.9. The average Bonchev–Trinajstić information content (AvgIpc) is 0.862. The van der Waals surface area contributed by atoms with Crippen LogP contribution in [0.5, 0.6) is 28.7 Å². The number of halogens is 4. The van der Waals surface area contributed by atoms with Crippen LogP contribution in [-0.2, 0) is 32.9 Å². The number of hydrogen-bond donors (Lipinski definition) is 9. The van der Waals surface area contributed by atoms with E-state index in [0.29, 0.717) is 144 Å². The predicted molar refractivity (Wildman–Crippen MR) is 611 cm³/mol. The Morgan fingerprint density at radius 1 is 0.433 bits per heavy atom. The number of hydrogen-bond acceptors (Lipinski definition) is 34. The van der Waals surface area contributed by atoms with Crippen LogP contribution in [-0.4, -0.2) is 277 Å². The summed E-state index contributed by atoms with van der Waals surface area (Å²) in [4.78, 5) is 62.2. The zero-order valence-electron chi connectivity index (χ0n) is 86.5. The van der Waals surface area contributed by atoms with Crippen LogP contribution in [0.15, 0.2) is 200 Å². The van der Waals surface area contributed by atoms with Crippen molar-refractivity contribution >= 4 is 216 Å². The Kier molecular flexibility index (Phi) is 36.6. The van der Waals surface area contributed by atoms with Crippen LogP contribution in [0, 0.1) is 11.8 Å². The molecule has 150 heavy (non-hydrogen) atoms. The third-order valence-corrected chi connectivity index (χ3v) is 38.5. The van der Waals surface area contributed by atoms with Crippen molar-refractivity contribution in [2.24, 2.45) is 11.8 Å². The summed E-state index contributed by atoms with van der Waals surface area (Å²) in [5.74, 6) is 7.43. The smallest absolute Gasteiger partial charge is 0.229 e. The number of piperidine rings is 4. The fourth-order valence-electron chi connectivity index (χ4n) is 18.8. The van der Waals surface area contributed by atoms with E-state index in [0.717, 1.165) is 160 Å². The number of aromatic nitrogens is 8. The zero-order chi connectivity index (χ0) is 106. The number of anilines is 18. The normalized spacial score (nSPS) is 17.5. The number of fused-ring (bicyclic) bond motifs is 3. The SMILES string of the molecule is COc1cc(N2CCC(N3CCN(C(=O)C4CC4)CC3)CC2)ccc1Nc1ncc(Cl)c(Nc2ccccc2P(C)(C)=O)n1.COc1cc(N2CCN(C)CC2)ccc1Nc1ncc(Cl)c(Nc2ccccc2P(C)(C)=O)n1.COc1cc(OC2CN3CCC2CC3)ccc1Nc1ncc(Cl)c(Nc2ccccc2P(C)(C)=O)n1.COc1cc(P2(=O)CCNCC2)ccc1Nc1ncc(Cl)c(Nc2ccccc2S(=O)(=O)C(C)C)n1. The number of para-hydroxylation sites is 4. The first-order valence-electron chi connectivity index (χ1n) is 50.0. The van der Waals surface area contributed by atoms with E-state index in [4.69, 9.17) is 70.1 Å². The molecule has 9 N–H and O–H groups in total. The Morgan fingerprint density at radius 2 is 0.813 bits per heavy atom. The highest BCUT2D eigenvalue weighted by Gasteiger charge is 2.39. The first kappa shape index (κ1) is 111. The van der Waals surface area contributed by atoms with Gasteiger partial charge >= 0.3 is 0 Å². The van der Waals surface area contributed by atoms with Gasteiger partial charge in [0.2, 0.25) is 29.7 Å². The highest BCUT2D eigenvalue weighted by Crippen LogP contribution is 2.49. The molecule has 0 radical (unpaired) electrons. The lowest BCUT2D eigenvalue weighted by molar-refractivity contribution is -0.134. The number of carbonyl (C=O) groups is 1. The summed E-state index contributed by atoms with van der Waals surface area (Å²) in [7, 11) is -4.90. The molecule has 8 fully saturated rings. The number of ether oxygens (including phenoxy) is 5. The minimum absolute atomic E-state index is 0.161. The molecule has 12 aromatic rings. The van der Waals surface area contributed by atoms with Gasteiger partial charge in [-0.15, -0.1) is 0 Å². The number of nitrogens with one attached hydrogen (secondary N) is 9. The number of nitrogens with zero attached hydrogens (tertiary/aromatic N) is 14. The van der Waals surface area contributed by atoms with Gasteiger partial charge in [0.05, 0.1) is 109 Å². The minimum atomic E-state index is -3.53. The topological polar surface area (TPSA) is 396 Å². The van der Waals surface area contributed by atoms with Gasteiger partial charge in [0, 0.05) is 160 Å². The van der Waals surface area contributed by atoms with E-state index < -0.39 is 43.7 Å². The van der Waals surface area contributed by atoms with E-state index in [-0.39, 0.29) is 27.8 Å². The summed E-state index contributed by atoms with van der Waals surface area (Å²) in [5.41, 5.74) is 7.50. The van der Waals surface area contributed by atoms with Crippen molar-refractivity contribution in [3.63, 3.8) is 0 Å². The average molecular weight is 2220 g/mol. The third-order valence-electron chi connectivity index (χ3n) is 27.4. The summed E-state index contributed by atoms with van der Waals surface area (Å²) in [6, 6.07) is 52.9. The van der Waals surface area contributed by atoms with Gasteiger partial charge in [-0.25, -0.2) is 28.4 Å². The zero-order valence-corrected chi connectivity index (χ0v) is 93.9. The standard InChI is InChI=1S/C32H41ClN7O3P.C26H31ClN5O3P.C24H30ClN6O2P.C24H29ClN5O4PS/c1-43-28-20-24(38-14-12-23(13-15-38)39-16-18-40(19-17-39)31(41)22-8-9-22)10-11-26(28)36-32-34-21-25(33)30(37-32)35-27-6-4-5-7-29(27)44(2,3)42;1-34-22-14-18(35-23-16-32-12-10-17(23)11-13-32)8-9-20(22)30-26-28-15-19(27)25(31-26)29-21-6-4-5-7-24(21)36(2,3)33;1-30-11-13-31(14-12-30)17-9-10-19(21(15-17)33-2)28-24-26-16-18(25)23(29-24)27-20-7-5-6-8-22(20)34(3,4)32;1-16(2)36(32,33)22-7-5-4-6-20(22)28-23-18(25)15-27-24(30-23)29-19-9-8-17(14-21(19)34-3)35(31)12-10-26-11-13-35/h4-7,10-11,20-23H,8-9,12-19H2,1-3H3,(H2,34,35,36,37);4-9,14-15,17,23H,10-13,16H2,1-3H3,(H2,28,29,30,31);5-10,15-16H,11-14H2,1-4H3,(H2,26,27,28,29);4-9,14-16,26H,10-13H2,1-3H3,(H2,27,28,29,30). The summed E-state index contributed by atoms with van der Waals surface area (Å²) in [6.45, 7) is 28.1. The van der Waals surface area contributed by atoms with E-state index in [1.165, 1.54) is 50.7 Å². The second-order valence-corrected chi connectivity index (χ2v) is 56.1. The van der Waals surface area contributed by atoms with Gasteiger partial charge in [0.25, 0.3) is 0 Å². The van der Waals surface area contributed by atoms with Gasteiger partial charge in [0.1, 0.15) is 83.5 Å². The number of amides is 1. The molecule has 1 amide bonds. The second-order valence-electron chi connectivity index (χ2n) is 39.3. The molecule has 796 valence electrons. The highest BCUT2D eigenvalue weighted by atomic mass is 35.5. The monoisotopic (exact) mass is 2210 g/mol. The van der Waals surface area contributed by atoms with E-state index >= 15 is 0 Å². The summed E-state index contributed by atoms with van der Waals surface area (Å²) < 4.78 is 106. The van der Waals surface area contributed by atoms with Crippen molar-refractivity contribution < 1.29 is 55.2 Å². The molecule has 0 spiro atoms. The number of sulfone groups is 1. The van der Waals surface area contributed by atoms with E-state index in [1.54, 1.807) is 119 Å². The molecule has 2 bridgehead atoms. The molecular formula is C106H131Cl4N23O12P4S. The molecule has 8 aliphatic rings. The number of piperazine rings is 2. The van der Waals surface area contributed by atoms with Crippen LogP contribution < -0.4 is 103 Å². The minimum Gasteiger partial charge on any atom is -0.495 e. The number of methoxy groups -OCH3 is 4. The van der Waals surface area contributed by atoms with Gasteiger partial charge in [-0.2, -0.15) is 19.9 Å². The molecule has 35 nitrogen and oxygen atoms in total. The molecule has 20 rings (SSSR count). The van der Waals surface area contributed by atoms with Gasteiger partial charge < -0.3 is 109 Å². The predicted octanol–water partition coefficient (Wildman–Crippen LogP) is 19.8. The van der Waals surface area contributed by atoms with Gasteiger partial charge in [0.15, 0.2) is 33.1 Å². The molecule has 1 aliphatic carbocycles. The number of rotatable bonds is 32. The molecule has 7 saturated heterocycles. The molecule has 1 saturated carbocycles. The van der Waals surface area contributed by atoms with Crippen molar-refractivity contribution in [2.75, 3.05) is 238 Å². The van der Waals surface area contributed by atoms with Crippen molar-refractivity contribution in [3.05, 3.63) is 215 Å². The molecule has 11 heterocycles. The van der Waals surface area contributed by atoms with Crippen LogP contribution >= 0.6 is 75.0 Å². The van der Waals surface area contributed by atoms with Crippen LogP contribution in [0.4, 0.5) is 104 Å². The molecule has 1 atom stereocenters. The molecule has 8 aromatic carbocycles. The number of likely N-dealkylation sites (N-methyl/N-ethyl adjacent to an activating group) is 1. The van der Waals surface area contributed by atoms with Crippen LogP contribution in [0.1, 0.15) is 52.4 Å². The maximum Gasteiger partial charge on any atom is 0.229 e. The summed E-state index contributed by atoms with van der Waals surface area (Å²) in [6.07, 6.45) is 14.2. The fourth-order valence-corrected chi connectivity index (χ4v) is 26.5. The van der Waals surface area contributed by atoms with Crippen molar-refractivity contribution in [1.82, 2.24) is 64.8 Å². The summed E-state index contributed by atoms with van der Waals surface area (Å²) in [5, 5.41) is 32.5. The lowest BCUT2D eigenvalue weighted by Gasteiger charge is -2.44.